The van der Waals surface area contributed by atoms with Crippen LogP contribution >= 0.6 is 0 Å². The first-order valence-corrected chi connectivity index (χ1v) is 22.2. The summed E-state index contributed by atoms with van der Waals surface area (Å²) in [5.74, 6) is 0.228. The van der Waals surface area contributed by atoms with Crippen molar-refractivity contribution in [1.29, 1.82) is 0 Å². The number of esters is 2. The number of hydrogen-bond acceptors (Lipinski definition) is 10. The van der Waals surface area contributed by atoms with Gasteiger partial charge in [-0.3, -0.25) is 9.59 Å². The second-order valence-electron chi connectivity index (χ2n) is 15.7. The fourth-order valence-electron chi connectivity index (χ4n) is 7.44. The zero-order valence-electron chi connectivity index (χ0n) is 37.9. The van der Waals surface area contributed by atoms with Gasteiger partial charge >= 0.3 is 11.9 Å². The number of carbonyl (C=O) groups is 4. The summed E-state index contributed by atoms with van der Waals surface area (Å²) < 4.78 is 22.1. The molecule has 10 nitrogen and oxygen atoms in total. The highest BCUT2D eigenvalue weighted by atomic mass is 16.5. The highest BCUT2D eigenvalue weighted by Crippen LogP contribution is 2.24. The third kappa shape index (κ3) is 13.3. The topological polar surface area (TPSA) is 129 Å². The largest absolute Gasteiger partial charge is 0.490 e. The van der Waals surface area contributed by atoms with Gasteiger partial charge in [-0.2, -0.15) is 0 Å². The Bertz CT molecular complexity index is 2630. The van der Waals surface area contributed by atoms with Gasteiger partial charge in [0.1, 0.15) is 36.8 Å². The second kappa shape index (κ2) is 24.1. The SMILES string of the molecule is COC(=O)C(Cc1ccc(OC/C=C/c2ccc(/C=C/COc3ccc(CC(Nc4ccccc4C(=O)c4ccccc4)C(=O)OC)cc3)cc2)cc1)Nc1ccccc1C(=O)c1ccccc1. The molecule has 2 N–H and O–H groups in total. The van der Waals surface area contributed by atoms with Crippen molar-refractivity contribution in [3.8, 4) is 11.5 Å². The zero-order chi connectivity index (χ0) is 47.5. The number of ketones is 2. The van der Waals surface area contributed by atoms with Crippen molar-refractivity contribution in [3.05, 3.63) is 239 Å². The first-order chi connectivity index (χ1) is 33.3. The Kier molecular flexibility index (Phi) is 16.9. The number of ether oxygens (including phenoxy) is 4. The molecule has 7 aromatic carbocycles. The lowest BCUT2D eigenvalue weighted by molar-refractivity contribution is -0.142. The lowest BCUT2D eigenvalue weighted by Crippen LogP contribution is -2.33. The van der Waals surface area contributed by atoms with E-state index in [0.717, 1.165) is 22.3 Å². The molecule has 7 rings (SSSR count). The second-order valence-corrected chi connectivity index (χ2v) is 15.7. The minimum atomic E-state index is -0.721. The van der Waals surface area contributed by atoms with Crippen LogP contribution in [0.25, 0.3) is 12.2 Å². The Hall–Kier alpha value is -8.50. The number of carbonyl (C=O) groups excluding carboxylic acids is 4. The molecule has 342 valence electrons. The molecule has 0 spiro atoms. The maximum atomic E-state index is 13.3. The van der Waals surface area contributed by atoms with Crippen molar-refractivity contribution in [1.82, 2.24) is 0 Å². The van der Waals surface area contributed by atoms with Crippen LogP contribution < -0.4 is 20.1 Å². The first-order valence-electron chi connectivity index (χ1n) is 22.2. The van der Waals surface area contributed by atoms with Crippen molar-refractivity contribution < 1.29 is 38.1 Å². The summed E-state index contributed by atoms with van der Waals surface area (Å²) in [4.78, 5) is 52.3. The minimum absolute atomic E-state index is 0.138. The number of anilines is 2. The van der Waals surface area contributed by atoms with Crippen molar-refractivity contribution in [2.24, 2.45) is 0 Å². The van der Waals surface area contributed by atoms with Crippen LogP contribution in [0.2, 0.25) is 0 Å². The van der Waals surface area contributed by atoms with Gasteiger partial charge in [0.05, 0.1) is 14.2 Å². The van der Waals surface area contributed by atoms with Crippen LogP contribution in [0, 0.1) is 0 Å². The van der Waals surface area contributed by atoms with Gasteiger partial charge < -0.3 is 29.6 Å². The molecule has 0 aliphatic heterocycles. The number of para-hydroxylation sites is 2. The summed E-state index contributed by atoms with van der Waals surface area (Å²) in [5.41, 5.74) is 7.02. The molecule has 68 heavy (non-hydrogen) atoms. The zero-order valence-corrected chi connectivity index (χ0v) is 37.9. The molecule has 0 saturated carbocycles. The van der Waals surface area contributed by atoms with Crippen molar-refractivity contribution >= 4 is 47.0 Å². The van der Waals surface area contributed by atoms with Crippen LogP contribution in [0.4, 0.5) is 11.4 Å². The van der Waals surface area contributed by atoms with E-state index in [1.54, 1.807) is 60.7 Å². The molecule has 0 heterocycles. The standard InChI is InChI=1S/C58H52N2O8/c1-65-57(63)53(59-51-23-11-9-21-49(51)55(61)45-17-5-3-6-18-45)39-43-29-33-47(34-30-43)67-37-13-15-41-25-27-42(28-26-41)16-14-38-68-48-35-31-44(32-36-48)40-54(58(64)66-2)60-52-24-12-10-22-50(52)56(62)46-19-7-4-8-20-46/h3-36,53-54,59-60H,37-40H2,1-2H3/b15-13+,16-14+. The Morgan fingerprint density at radius 1 is 0.441 bits per heavy atom. The molecule has 0 amide bonds. The molecule has 0 saturated heterocycles. The van der Waals surface area contributed by atoms with E-state index in [0.29, 0.717) is 71.2 Å². The summed E-state index contributed by atoms with van der Waals surface area (Å²) in [7, 11) is 2.70. The Labute approximate surface area is 396 Å². The molecule has 10 heteroatoms. The van der Waals surface area contributed by atoms with Crippen molar-refractivity contribution in [3.63, 3.8) is 0 Å². The number of benzene rings is 7. The fourth-order valence-corrected chi connectivity index (χ4v) is 7.44. The quantitative estimate of drug-likeness (QED) is 0.0501. The van der Waals surface area contributed by atoms with Crippen LogP contribution in [0.15, 0.2) is 194 Å². The summed E-state index contributed by atoms with van der Waals surface area (Å²) in [5, 5.41) is 6.50. The molecule has 0 aliphatic carbocycles. The molecule has 0 fully saturated rings. The number of methoxy groups -OCH3 is 2. The highest BCUT2D eigenvalue weighted by Gasteiger charge is 2.24. The summed E-state index contributed by atoms with van der Waals surface area (Å²) in [6.07, 6.45) is 8.57. The lowest BCUT2D eigenvalue weighted by atomic mass is 10.00. The van der Waals surface area contributed by atoms with E-state index in [2.05, 4.69) is 10.6 Å². The minimum Gasteiger partial charge on any atom is -0.490 e. The van der Waals surface area contributed by atoms with E-state index in [-0.39, 0.29) is 11.6 Å². The van der Waals surface area contributed by atoms with E-state index < -0.39 is 24.0 Å². The van der Waals surface area contributed by atoms with Gasteiger partial charge in [0, 0.05) is 46.5 Å². The van der Waals surface area contributed by atoms with Gasteiger partial charge in [-0.15, -0.1) is 0 Å². The smallest absolute Gasteiger partial charge is 0.328 e. The van der Waals surface area contributed by atoms with E-state index in [1.165, 1.54) is 14.2 Å². The molecular formula is C58H52N2O8. The van der Waals surface area contributed by atoms with E-state index in [4.69, 9.17) is 18.9 Å². The molecule has 0 bridgehead atoms. The molecule has 0 aromatic heterocycles. The van der Waals surface area contributed by atoms with E-state index in [1.807, 2.05) is 146 Å². The van der Waals surface area contributed by atoms with Crippen molar-refractivity contribution in [2.45, 2.75) is 24.9 Å². The van der Waals surface area contributed by atoms with Gasteiger partial charge in [0.2, 0.25) is 0 Å². The maximum Gasteiger partial charge on any atom is 0.328 e. The van der Waals surface area contributed by atoms with Gasteiger partial charge in [-0.05, 0) is 82.9 Å². The summed E-state index contributed by atoms with van der Waals surface area (Å²) in [6, 6.07) is 54.2. The molecule has 0 radical (unpaired) electrons. The molecule has 2 atom stereocenters. The fraction of sp³-hybridized carbons (Fsp3) is 0.138. The third-order valence-electron chi connectivity index (χ3n) is 11.0. The van der Waals surface area contributed by atoms with Gasteiger partial charge in [-0.1, -0.05) is 146 Å². The Morgan fingerprint density at radius 2 is 0.794 bits per heavy atom. The van der Waals surface area contributed by atoms with Crippen molar-refractivity contribution in [2.75, 3.05) is 38.1 Å². The van der Waals surface area contributed by atoms with Crippen LogP contribution in [0.3, 0.4) is 0 Å². The predicted molar refractivity (Wildman–Crippen MR) is 267 cm³/mol. The van der Waals surface area contributed by atoms with E-state index >= 15 is 0 Å². The van der Waals surface area contributed by atoms with Crippen LogP contribution in [0.5, 0.6) is 11.5 Å². The number of hydrogen-bond donors (Lipinski definition) is 2. The third-order valence-corrected chi connectivity index (χ3v) is 11.0. The normalized spacial score (nSPS) is 11.9. The van der Waals surface area contributed by atoms with Crippen LogP contribution in [-0.2, 0) is 31.9 Å². The number of rotatable bonds is 22. The average Bonchev–Trinajstić information content (AvgIpc) is 3.39. The summed E-state index contributed by atoms with van der Waals surface area (Å²) in [6.45, 7) is 0.735. The Morgan fingerprint density at radius 3 is 1.16 bits per heavy atom. The predicted octanol–water partition coefficient (Wildman–Crippen LogP) is 10.7. The monoisotopic (exact) mass is 904 g/mol. The van der Waals surface area contributed by atoms with Gasteiger partial charge in [0.15, 0.2) is 11.6 Å². The number of nitrogens with one attached hydrogen (secondary N) is 2. The average molecular weight is 905 g/mol. The molecular weight excluding hydrogens is 853 g/mol. The van der Waals surface area contributed by atoms with Gasteiger partial charge in [0.25, 0.3) is 0 Å². The van der Waals surface area contributed by atoms with Gasteiger partial charge in [-0.25, -0.2) is 9.59 Å². The molecule has 0 aliphatic rings. The lowest BCUT2D eigenvalue weighted by Gasteiger charge is -2.20. The molecule has 7 aromatic rings. The first kappa shape index (κ1) is 47.5. The van der Waals surface area contributed by atoms with Crippen LogP contribution in [-0.4, -0.2) is 63.0 Å². The van der Waals surface area contributed by atoms with E-state index in [9.17, 15) is 19.2 Å². The molecule has 2 unspecified atom stereocenters. The maximum absolute atomic E-state index is 13.3. The Balaban J connectivity index is 0.847. The van der Waals surface area contributed by atoms with Crippen LogP contribution in [0.1, 0.15) is 54.1 Å². The summed E-state index contributed by atoms with van der Waals surface area (Å²) >= 11 is 0. The highest BCUT2D eigenvalue weighted by molar-refractivity contribution is 6.13.